The number of ether oxygens (including phenoxy) is 3. The van der Waals surface area contributed by atoms with E-state index in [1.54, 1.807) is 7.11 Å². The van der Waals surface area contributed by atoms with E-state index in [1.807, 2.05) is 36.4 Å². The van der Waals surface area contributed by atoms with Crippen LogP contribution in [0.15, 0.2) is 109 Å². The van der Waals surface area contributed by atoms with Gasteiger partial charge >= 0.3 is 12.0 Å². The summed E-state index contributed by atoms with van der Waals surface area (Å²) in [7, 11) is -1.12. The normalized spacial score (nSPS) is 15.6. The van der Waals surface area contributed by atoms with Gasteiger partial charge in [0.05, 0.1) is 20.1 Å². The van der Waals surface area contributed by atoms with E-state index in [0.717, 1.165) is 17.1 Å². The molecular formula is C34H41O6Si+. The standard InChI is InChI=1S/C34H40O6Si/c1-26(23-38-29-18-16-28(36-5)17-19-29)20-21-37-32-22-27(35)24-39-33(32)25-40-41(34(2,3)4,30-12-8-6-9-13-30)31-14-10-7-11-15-31/h6-19,24,32H,1,20-23,25H2,2-5H3/p+1/t32-/m0/s1. The molecule has 1 N–H and O–H groups in total. The highest BCUT2D eigenvalue weighted by Gasteiger charge is 2.51. The molecule has 1 atom stereocenters. The van der Waals surface area contributed by atoms with Gasteiger partial charge in [-0.05, 0) is 51.7 Å². The summed E-state index contributed by atoms with van der Waals surface area (Å²) in [5.74, 6) is 2.32. The van der Waals surface area contributed by atoms with Gasteiger partial charge in [0.1, 0.15) is 24.7 Å². The van der Waals surface area contributed by atoms with Crippen molar-refractivity contribution in [3.63, 3.8) is 0 Å². The average Bonchev–Trinajstić information content (AvgIpc) is 2.98. The predicted octanol–water partition coefficient (Wildman–Crippen LogP) is 5.89. The maximum absolute atomic E-state index is 10.2. The van der Waals surface area contributed by atoms with Crippen LogP contribution in [0.1, 0.15) is 33.6 Å². The molecule has 1 aliphatic heterocycles. The first-order valence-electron chi connectivity index (χ1n) is 13.9. The maximum atomic E-state index is 10.2. The fraction of sp³-hybridized carbons (Fsp3) is 0.324. The van der Waals surface area contributed by atoms with Crippen LogP contribution in [0, 0.1) is 0 Å². The number of carbonyl (C=O) groups excluding carboxylic acids is 1. The molecule has 0 aliphatic carbocycles. The smallest absolute Gasteiger partial charge is 0.358 e. The van der Waals surface area contributed by atoms with Crippen molar-refractivity contribution in [2.24, 2.45) is 0 Å². The van der Waals surface area contributed by atoms with Crippen LogP contribution in [0.2, 0.25) is 5.04 Å². The summed E-state index contributed by atoms with van der Waals surface area (Å²) >= 11 is 0. The first-order valence-corrected chi connectivity index (χ1v) is 15.8. The summed E-state index contributed by atoms with van der Waals surface area (Å²) in [6, 6.07) is 28.4. The molecule has 216 valence electrons. The second-order valence-electron chi connectivity index (χ2n) is 11.2. The number of ketones is 1. The fourth-order valence-electron chi connectivity index (χ4n) is 5.07. The molecule has 0 saturated carbocycles. The lowest BCUT2D eigenvalue weighted by Crippen LogP contribution is -2.67. The topological polar surface area (TPSA) is 68.5 Å². The summed E-state index contributed by atoms with van der Waals surface area (Å²) in [5, 5.41) is 12.5. The number of hydrogen-bond donors (Lipinski definition) is 1. The van der Waals surface area contributed by atoms with Crippen molar-refractivity contribution in [1.82, 2.24) is 0 Å². The Hall–Kier alpha value is -3.65. The Morgan fingerprint density at radius 3 is 2.07 bits per heavy atom. The minimum absolute atomic E-state index is 0.144. The highest BCUT2D eigenvalue weighted by molar-refractivity contribution is 6.99. The molecule has 0 radical (unpaired) electrons. The van der Waals surface area contributed by atoms with Crippen molar-refractivity contribution < 1.29 is 28.2 Å². The molecule has 6 nitrogen and oxygen atoms in total. The fourth-order valence-corrected chi connectivity index (χ4v) is 9.58. The van der Waals surface area contributed by atoms with Crippen molar-refractivity contribution in [2.75, 3.05) is 26.9 Å². The molecule has 3 aromatic carbocycles. The minimum Gasteiger partial charge on any atom is -0.504 e. The van der Waals surface area contributed by atoms with Gasteiger partial charge in [0, 0.05) is 0 Å². The molecule has 4 rings (SSSR count). The van der Waals surface area contributed by atoms with E-state index in [-0.39, 0.29) is 17.4 Å². The van der Waals surface area contributed by atoms with Gasteiger partial charge in [0.25, 0.3) is 8.32 Å². The van der Waals surface area contributed by atoms with Crippen LogP contribution in [0.4, 0.5) is 0 Å². The molecule has 0 amide bonds. The Kier molecular flexibility index (Phi) is 10.2. The molecule has 0 spiro atoms. The van der Waals surface area contributed by atoms with Gasteiger partial charge in [0.15, 0.2) is 11.9 Å². The lowest BCUT2D eigenvalue weighted by atomic mass is 10.1. The van der Waals surface area contributed by atoms with Crippen LogP contribution < -0.4 is 19.8 Å². The quantitative estimate of drug-likeness (QED) is 0.157. The van der Waals surface area contributed by atoms with Crippen molar-refractivity contribution >= 4 is 24.5 Å². The Labute approximate surface area is 244 Å². The predicted molar refractivity (Wildman–Crippen MR) is 166 cm³/mol. The molecule has 41 heavy (non-hydrogen) atoms. The molecule has 0 bridgehead atoms. The first kappa shape index (κ1) is 30.3. The van der Waals surface area contributed by atoms with Crippen LogP contribution >= 0.6 is 0 Å². The molecular weight excluding hydrogens is 532 g/mol. The summed E-state index contributed by atoms with van der Waals surface area (Å²) < 4.78 is 30.2. The lowest BCUT2D eigenvalue weighted by Gasteiger charge is -2.42. The van der Waals surface area contributed by atoms with Crippen molar-refractivity contribution in [1.29, 1.82) is 0 Å². The number of hydrogen-bond acceptors (Lipinski definition) is 5. The van der Waals surface area contributed by atoms with Crippen LogP contribution in [0.25, 0.3) is 0 Å². The molecule has 1 aliphatic rings. The van der Waals surface area contributed by atoms with Crippen LogP contribution in [-0.2, 0) is 13.6 Å². The lowest BCUT2D eigenvalue weighted by molar-refractivity contribution is -0.387. The zero-order valence-corrected chi connectivity index (χ0v) is 25.5. The van der Waals surface area contributed by atoms with E-state index >= 15 is 0 Å². The van der Waals surface area contributed by atoms with Gasteiger partial charge in [-0.1, -0.05) is 88.0 Å². The average molecular weight is 574 g/mol. The number of aliphatic hydroxyl groups is 1. The Bertz CT molecular complexity index is 1290. The number of benzene rings is 3. The molecule has 0 fully saturated rings. The second kappa shape index (κ2) is 13.8. The first-order chi connectivity index (χ1) is 19.7. The highest BCUT2D eigenvalue weighted by Crippen LogP contribution is 2.37. The highest BCUT2D eigenvalue weighted by atomic mass is 28.4. The monoisotopic (exact) mass is 573 g/mol. The SMILES string of the molecule is C=C(CCO[C@H]1CC(O)=C[O+]=C1CO[Si](c1ccccc1)(c1ccccc1)C(C)(C)C)COc1ccc(OC)cc1. The summed E-state index contributed by atoms with van der Waals surface area (Å²) in [6.07, 6.45) is 1.88. The third-order valence-electron chi connectivity index (χ3n) is 7.22. The van der Waals surface area contributed by atoms with Crippen LogP contribution in [0.5, 0.6) is 11.5 Å². The maximum Gasteiger partial charge on any atom is 0.358 e. The number of rotatable bonds is 13. The van der Waals surface area contributed by atoms with Crippen molar-refractivity contribution in [3.05, 3.63) is 109 Å². The summed E-state index contributed by atoms with van der Waals surface area (Å²) in [4.78, 5) is 0. The van der Waals surface area contributed by atoms with E-state index in [1.165, 1.54) is 16.6 Å². The van der Waals surface area contributed by atoms with Crippen LogP contribution in [0.3, 0.4) is 0 Å². The Morgan fingerprint density at radius 1 is 0.927 bits per heavy atom. The summed E-state index contributed by atoms with van der Waals surface area (Å²) in [5.41, 5.74) is 0.905. The van der Waals surface area contributed by atoms with E-state index in [9.17, 15) is 5.11 Å². The number of aliphatic hydroxyl groups excluding tert-OH is 1. The largest absolute Gasteiger partial charge is 0.504 e. The third-order valence-corrected chi connectivity index (χ3v) is 12.2. The summed E-state index contributed by atoms with van der Waals surface area (Å²) in [6.45, 7) is 11.9. The Morgan fingerprint density at radius 2 is 1.51 bits per heavy atom. The molecule has 7 heteroatoms. The van der Waals surface area contributed by atoms with Crippen molar-refractivity contribution in [3.8, 4) is 11.5 Å². The van der Waals surface area contributed by atoms with E-state index in [4.69, 9.17) is 23.1 Å². The van der Waals surface area contributed by atoms with Gasteiger partial charge in [-0.25, -0.2) is 4.42 Å². The van der Waals surface area contributed by atoms with E-state index in [2.05, 4.69) is 75.9 Å². The van der Waals surface area contributed by atoms with E-state index < -0.39 is 14.4 Å². The third kappa shape index (κ3) is 7.55. The zero-order valence-electron chi connectivity index (χ0n) is 24.5. The van der Waals surface area contributed by atoms with Gasteiger partial charge < -0.3 is 23.7 Å². The van der Waals surface area contributed by atoms with Gasteiger partial charge in [0.2, 0.25) is 0 Å². The molecule has 1 heterocycles. The van der Waals surface area contributed by atoms with Gasteiger partial charge in [-0.15, -0.1) is 0 Å². The van der Waals surface area contributed by atoms with Gasteiger partial charge in [-0.2, -0.15) is 0 Å². The Balaban J connectivity index is 1.43. The number of methoxy groups -OCH3 is 1. The van der Waals surface area contributed by atoms with Crippen molar-refractivity contribution in [2.45, 2.75) is 44.8 Å². The minimum atomic E-state index is -2.76. The molecule has 0 aromatic heterocycles. The molecule has 0 saturated heterocycles. The zero-order chi connectivity index (χ0) is 29.3. The molecule has 0 unspecified atom stereocenters. The molecule has 3 aromatic rings. The van der Waals surface area contributed by atoms with Gasteiger partial charge in [-0.3, -0.25) is 0 Å². The van der Waals surface area contributed by atoms with E-state index in [0.29, 0.717) is 31.8 Å². The second-order valence-corrected chi connectivity index (χ2v) is 15.5. The van der Waals surface area contributed by atoms with Crippen LogP contribution in [-0.4, -0.2) is 52.2 Å².